The lowest BCUT2D eigenvalue weighted by atomic mass is 9.95. The third-order valence-corrected chi connectivity index (χ3v) is 3.66. The van der Waals surface area contributed by atoms with Crippen LogP contribution in [0.5, 0.6) is 0 Å². The quantitative estimate of drug-likeness (QED) is 0.450. The predicted octanol–water partition coefficient (Wildman–Crippen LogP) is 5.29. The Hall–Kier alpha value is -2.41. The van der Waals surface area contributed by atoms with Gasteiger partial charge in [0, 0.05) is 16.3 Å². The summed E-state index contributed by atoms with van der Waals surface area (Å²) in [7, 11) is 0. The van der Waals surface area contributed by atoms with Gasteiger partial charge in [0.2, 0.25) is 0 Å². The zero-order chi connectivity index (χ0) is 14.1. The van der Waals surface area contributed by atoms with Crippen LogP contribution in [0.1, 0.15) is 18.1 Å². The van der Waals surface area contributed by atoms with E-state index in [4.69, 9.17) is 4.98 Å². The zero-order valence-electron chi connectivity index (χ0n) is 11.9. The molecule has 0 aliphatic carbocycles. The highest BCUT2D eigenvalue weighted by Gasteiger charge is 2.10. The minimum Gasteiger partial charge on any atom is -0.248 e. The predicted molar refractivity (Wildman–Crippen MR) is 87.8 cm³/mol. The second-order valence-electron chi connectivity index (χ2n) is 4.97. The molecule has 0 fully saturated rings. The van der Waals surface area contributed by atoms with Crippen molar-refractivity contribution in [3.05, 3.63) is 72.3 Å². The number of hydrogen-bond acceptors (Lipinski definition) is 1. The zero-order valence-corrected chi connectivity index (χ0v) is 11.9. The van der Waals surface area contributed by atoms with E-state index in [1.54, 1.807) is 0 Å². The van der Waals surface area contributed by atoms with E-state index in [2.05, 4.69) is 56.0 Å². The minimum absolute atomic E-state index is 1.03. The van der Waals surface area contributed by atoms with Crippen LogP contribution in [0.25, 0.3) is 27.4 Å². The first-order valence-electron chi connectivity index (χ1n) is 6.83. The van der Waals surface area contributed by atoms with Crippen LogP contribution in [0.2, 0.25) is 0 Å². The second-order valence-corrected chi connectivity index (χ2v) is 4.97. The van der Waals surface area contributed by atoms with Crippen molar-refractivity contribution in [2.75, 3.05) is 0 Å². The Balaban J connectivity index is 2.57. The summed E-state index contributed by atoms with van der Waals surface area (Å²) in [5.41, 5.74) is 5.69. The molecule has 0 aliphatic heterocycles. The van der Waals surface area contributed by atoms with Crippen LogP contribution in [0.4, 0.5) is 0 Å². The smallest absolute Gasteiger partial charge is 0.0716 e. The normalized spacial score (nSPS) is 12.0. The van der Waals surface area contributed by atoms with E-state index in [-0.39, 0.29) is 0 Å². The molecule has 0 radical (unpaired) electrons. The first-order chi connectivity index (χ1) is 9.74. The van der Waals surface area contributed by atoms with Gasteiger partial charge in [0.15, 0.2) is 0 Å². The van der Waals surface area contributed by atoms with Crippen LogP contribution in [0, 0.1) is 6.92 Å². The molecule has 20 heavy (non-hydrogen) atoms. The maximum Gasteiger partial charge on any atom is 0.0716 e. The SMILES string of the molecule is C=CC(=CC)c1c2ccccc2nc2ccc(C)cc12. The van der Waals surface area contributed by atoms with E-state index < -0.39 is 0 Å². The molecule has 1 aromatic heterocycles. The third-order valence-electron chi connectivity index (χ3n) is 3.66. The van der Waals surface area contributed by atoms with Gasteiger partial charge in [0.25, 0.3) is 0 Å². The number of fused-ring (bicyclic) bond motifs is 2. The Morgan fingerprint density at radius 1 is 1.05 bits per heavy atom. The molecule has 1 heterocycles. The van der Waals surface area contributed by atoms with Gasteiger partial charge in [-0.3, -0.25) is 0 Å². The first-order valence-corrected chi connectivity index (χ1v) is 6.83. The molecule has 0 atom stereocenters. The summed E-state index contributed by atoms with van der Waals surface area (Å²) >= 11 is 0. The third kappa shape index (κ3) is 1.92. The van der Waals surface area contributed by atoms with Crippen molar-refractivity contribution in [1.29, 1.82) is 0 Å². The van der Waals surface area contributed by atoms with Crippen molar-refractivity contribution in [2.45, 2.75) is 13.8 Å². The van der Waals surface area contributed by atoms with Crippen molar-refractivity contribution in [2.24, 2.45) is 0 Å². The molecule has 3 rings (SSSR count). The van der Waals surface area contributed by atoms with Crippen molar-refractivity contribution < 1.29 is 0 Å². The van der Waals surface area contributed by atoms with Gasteiger partial charge in [-0.05, 0) is 37.6 Å². The van der Waals surface area contributed by atoms with Gasteiger partial charge in [-0.25, -0.2) is 4.98 Å². The fourth-order valence-electron chi connectivity index (χ4n) is 2.68. The lowest BCUT2D eigenvalue weighted by Gasteiger charge is -2.12. The molecule has 0 saturated heterocycles. The van der Waals surface area contributed by atoms with Crippen LogP contribution in [-0.4, -0.2) is 4.98 Å². The number of pyridine rings is 1. The number of allylic oxidation sites excluding steroid dienone is 3. The molecule has 0 saturated carbocycles. The molecule has 0 amide bonds. The van der Waals surface area contributed by atoms with E-state index in [0.29, 0.717) is 0 Å². The lowest BCUT2D eigenvalue weighted by Crippen LogP contribution is -1.92. The summed E-state index contributed by atoms with van der Waals surface area (Å²) in [4.78, 5) is 4.77. The fourth-order valence-corrected chi connectivity index (χ4v) is 2.68. The van der Waals surface area contributed by atoms with Crippen LogP contribution in [-0.2, 0) is 0 Å². The van der Waals surface area contributed by atoms with Crippen LogP contribution >= 0.6 is 0 Å². The molecular weight excluding hydrogens is 242 g/mol. The highest BCUT2D eigenvalue weighted by molar-refractivity contribution is 6.07. The summed E-state index contributed by atoms with van der Waals surface area (Å²) < 4.78 is 0. The van der Waals surface area contributed by atoms with Crippen molar-refractivity contribution in [1.82, 2.24) is 4.98 Å². The summed E-state index contributed by atoms with van der Waals surface area (Å²) in [5.74, 6) is 0. The van der Waals surface area contributed by atoms with Gasteiger partial charge < -0.3 is 0 Å². The van der Waals surface area contributed by atoms with Gasteiger partial charge in [-0.15, -0.1) is 0 Å². The monoisotopic (exact) mass is 259 g/mol. The first kappa shape index (κ1) is 12.6. The Kier molecular flexibility index (Phi) is 3.11. The van der Waals surface area contributed by atoms with Gasteiger partial charge >= 0.3 is 0 Å². The van der Waals surface area contributed by atoms with E-state index >= 15 is 0 Å². The number of rotatable bonds is 2. The van der Waals surface area contributed by atoms with Crippen molar-refractivity contribution >= 4 is 27.4 Å². The molecule has 3 aromatic rings. The fraction of sp³-hybridized carbons (Fsp3) is 0.105. The van der Waals surface area contributed by atoms with E-state index in [0.717, 1.165) is 16.6 Å². The molecular formula is C19H17N. The standard InChI is InChI=1S/C19H17N/c1-4-14(5-2)19-15-8-6-7-9-17(15)20-18-11-10-13(3)12-16(18)19/h4-12H,1H2,2-3H3. The largest absolute Gasteiger partial charge is 0.248 e. The van der Waals surface area contributed by atoms with E-state index in [1.165, 1.54) is 21.9 Å². The Morgan fingerprint density at radius 3 is 2.55 bits per heavy atom. The maximum atomic E-state index is 4.77. The Labute approximate surface area is 119 Å². The van der Waals surface area contributed by atoms with Crippen molar-refractivity contribution in [3.63, 3.8) is 0 Å². The number of aryl methyl sites for hydroxylation is 1. The van der Waals surface area contributed by atoms with Crippen LogP contribution < -0.4 is 0 Å². The van der Waals surface area contributed by atoms with Crippen molar-refractivity contribution in [3.8, 4) is 0 Å². The van der Waals surface area contributed by atoms with Gasteiger partial charge in [-0.2, -0.15) is 0 Å². The lowest BCUT2D eigenvalue weighted by molar-refractivity contribution is 1.44. The molecule has 1 nitrogen and oxygen atoms in total. The van der Waals surface area contributed by atoms with Gasteiger partial charge in [-0.1, -0.05) is 48.6 Å². The summed E-state index contributed by atoms with van der Waals surface area (Å²) in [6.45, 7) is 8.12. The average Bonchev–Trinajstić information content (AvgIpc) is 2.48. The molecule has 0 bridgehead atoms. The molecule has 0 spiro atoms. The van der Waals surface area contributed by atoms with Gasteiger partial charge in [0.1, 0.15) is 0 Å². The summed E-state index contributed by atoms with van der Waals surface area (Å²) in [6.07, 6.45) is 4.03. The minimum atomic E-state index is 1.03. The highest BCUT2D eigenvalue weighted by Crippen LogP contribution is 2.32. The highest BCUT2D eigenvalue weighted by atomic mass is 14.7. The number of benzene rings is 2. The molecule has 0 unspecified atom stereocenters. The molecule has 0 aliphatic rings. The number of nitrogens with zero attached hydrogens (tertiary/aromatic N) is 1. The Bertz CT molecular complexity index is 841. The molecule has 2 aromatic carbocycles. The maximum absolute atomic E-state index is 4.77. The van der Waals surface area contributed by atoms with Crippen LogP contribution in [0.3, 0.4) is 0 Å². The number of hydrogen-bond donors (Lipinski definition) is 0. The summed E-state index contributed by atoms with van der Waals surface area (Å²) in [5, 5.41) is 2.37. The average molecular weight is 259 g/mol. The number of para-hydroxylation sites is 1. The Morgan fingerprint density at radius 2 is 1.80 bits per heavy atom. The second kappa shape index (κ2) is 4.93. The molecule has 98 valence electrons. The molecule has 1 heteroatoms. The van der Waals surface area contributed by atoms with E-state index in [1.807, 2.05) is 19.1 Å². The topological polar surface area (TPSA) is 12.9 Å². The van der Waals surface area contributed by atoms with Gasteiger partial charge in [0.05, 0.1) is 11.0 Å². The molecule has 0 N–H and O–H groups in total. The number of aromatic nitrogens is 1. The van der Waals surface area contributed by atoms with E-state index in [9.17, 15) is 0 Å². The van der Waals surface area contributed by atoms with Crippen LogP contribution in [0.15, 0.2) is 61.2 Å². The summed E-state index contributed by atoms with van der Waals surface area (Å²) in [6, 6.07) is 14.7.